The highest BCUT2D eigenvalue weighted by molar-refractivity contribution is 5.90. The number of fused-ring (bicyclic) bond motifs is 1. The lowest BCUT2D eigenvalue weighted by atomic mass is 10.1. The van der Waals surface area contributed by atoms with Gasteiger partial charge in [0.1, 0.15) is 6.54 Å². The Balaban J connectivity index is 1.56. The molecule has 0 saturated heterocycles. The van der Waals surface area contributed by atoms with Crippen molar-refractivity contribution >= 4 is 11.6 Å². The minimum Gasteiger partial charge on any atom is -0.454 e. The molecule has 0 bridgehead atoms. The second kappa shape index (κ2) is 6.95. The van der Waals surface area contributed by atoms with Gasteiger partial charge in [-0.25, -0.2) is 4.68 Å². The first-order valence-electron chi connectivity index (χ1n) is 8.44. The monoisotopic (exact) mass is 363 g/mol. The topological polar surface area (TPSA) is 82.5 Å². The second-order valence-corrected chi connectivity index (χ2v) is 6.16. The maximum Gasteiger partial charge on any atom is 0.270 e. The van der Waals surface area contributed by atoms with Gasteiger partial charge < -0.3 is 14.8 Å². The first-order chi connectivity index (χ1) is 13.1. The first kappa shape index (κ1) is 16.8. The molecule has 136 valence electrons. The molecule has 1 aromatic heterocycles. The first-order valence-corrected chi connectivity index (χ1v) is 8.44. The van der Waals surface area contributed by atoms with Gasteiger partial charge in [0, 0.05) is 22.9 Å². The van der Waals surface area contributed by atoms with Gasteiger partial charge in [-0.15, -0.1) is 0 Å². The van der Waals surface area contributed by atoms with Crippen LogP contribution in [-0.2, 0) is 11.3 Å². The number of rotatable bonds is 4. The van der Waals surface area contributed by atoms with Crippen molar-refractivity contribution in [1.82, 2.24) is 9.78 Å². The number of carbonyl (C=O) groups excluding carboxylic acids is 1. The highest BCUT2D eigenvalue weighted by atomic mass is 16.7. The number of anilines is 1. The molecule has 1 aliphatic heterocycles. The molecule has 0 saturated carbocycles. The molecular formula is C20H17N3O4. The van der Waals surface area contributed by atoms with Crippen LogP contribution in [0.2, 0.25) is 0 Å². The molecule has 7 nitrogen and oxygen atoms in total. The Bertz CT molecular complexity index is 1060. The van der Waals surface area contributed by atoms with E-state index >= 15 is 0 Å². The molecular weight excluding hydrogens is 346 g/mol. The molecule has 1 aliphatic rings. The van der Waals surface area contributed by atoms with Gasteiger partial charge in [0.25, 0.3) is 5.56 Å². The third kappa shape index (κ3) is 3.52. The van der Waals surface area contributed by atoms with Crippen molar-refractivity contribution in [1.29, 1.82) is 0 Å². The Kier molecular flexibility index (Phi) is 4.33. The number of amides is 1. The summed E-state index contributed by atoms with van der Waals surface area (Å²) in [6.45, 7) is 1.69. The average Bonchev–Trinajstić information content (AvgIpc) is 3.13. The number of nitrogens with zero attached hydrogens (tertiary/aromatic N) is 2. The SMILES string of the molecule is Cc1cc(-c2ccccc2)nn(CC(=O)Nc2ccc3c(c2)OCO3)c1=O. The number of hydrogen-bond donors (Lipinski definition) is 1. The van der Waals surface area contributed by atoms with Crippen molar-refractivity contribution in [3.8, 4) is 22.8 Å². The normalized spacial score (nSPS) is 12.0. The largest absolute Gasteiger partial charge is 0.454 e. The molecule has 1 N–H and O–H groups in total. The van der Waals surface area contributed by atoms with Crippen LogP contribution in [0, 0.1) is 6.92 Å². The van der Waals surface area contributed by atoms with Crippen molar-refractivity contribution in [2.75, 3.05) is 12.1 Å². The Morgan fingerprint density at radius 2 is 1.89 bits per heavy atom. The number of benzene rings is 2. The molecule has 2 aromatic carbocycles. The molecule has 3 aromatic rings. The summed E-state index contributed by atoms with van der Waals surface area (Å²) in [5, 5.41) is 7.09. The van der Waals surface area contributed by atoms with Crippen molar-refractivity contribution in [3.63, 3.8) is 0 Å². The van der Waals surface area contributed by atoms with Crippen molar-refractivity contribution in [3.05, 3.63) is 70.5 Å². The zero-order valence-corrected chi connectivity index (χ0v) is 14.6. The van der Waals surface area contributed by atoms with Crippen LogP contribution in [0.25, 0.3) is 11.3 Å². The van der Waals surface area contributed by atoms with Crippen molar-refractivity contribution in [2.45, 2.75) is 13.5 Å². The molecule has 4 rings (SSSR count). The molecule has 7 heteroatoms. The van der Waals surface area contributed by atoms with E-state index in [2.05, 4.69) is 10.4 Å². The lowest BCUT2D eigenvalue weighted by molar-refractivity contribution is -0.117. The van der Waals surface area contributed by atoms with E-state index < -0.39 is 0 Å². The van der Waals surface area contributed by atoms with Crippen LogP contribution in [-0.4, -0.2) is 22.5 Å². The minimum absolute atomic E-state index is 0.164. The van der Waals surface area contributed by atoms with Gasteiger partial charge in [-0.05, 0) is 25.1 Å². The molecule has 1 amide bonds. The molecule has 27 heavy (non-hydrogen) atoms. The standard InChI is InChI=1S/C20H17N3O4/c1-13-9-16(14-5-3-2-4-6-14)22-23(20(13)25)11-19(24)21-15-7-8-17-18(10-15)27-12-26-17/h2-10H,11-12H2,1H3,(H,21,24). The van der Waals surface area contributed by atoms with Crippen LogP contribution in [0.4, 0.5) is 5.69 Å². The van der Waals surface area contributed by atoms with Gasteiger partial charge >= 0.3 is 0 Å². The van der Waals surface area contributed by atoms with Crippen LogP contribution in [0.15, 0.2) is 59.4 Å². The second-order valence-electron chi connectivity index (χ2n) is 6.16. The molecule has 0 atom stereocenters. The fraction of sp³-hybridized carbons (Fsp3) is 0.150. The summed E-state index contributed by atoms with van der Waals surface area (Å²) in [6.07, 6.45) is 0. The van der Waals surface area contributed by atoms with E-state index in [-0.39, 0.29) is 24.8 Å². The van der Waals surface area contributed by atoms with Gasteiger partial charge in [-0.3, -0.25) is 9.59 Å². The zero-order chi connectivity index (χ0) is 18.8. The minimum atomic E-state index is -0.354. The lowest BCUT2D eigenvalue weighted by Gasteiger charge is -2.10. The predicted molar refractivity (Wildman–Crippen MR) is 99.9 cm³/mol. The number of carbonyl (C=O) groups is 1. The summed E-state index contributed by atoms with van der Waals surface area (Å²) < 4.78 is 11.7. The van der Waals surface area contributed by atoms with Crippen LogP contribution in [0.3, 0.4) is 0 Å². The predicted octanol–water partition coefficient (Wildman–Crippen LogP) is 2.59. The van der Waals surface area contributed by atoms with E-state index in [9.17, 15) is 9.59 Å². The molecule has 0 unspecified atom stereocenters. The smallest absolute Gasteiger partial charge is 0.270 e. The van der Waals surface area contributed by atoms with E-state index in [4.69, 9.17) is 9.47 Å². The molecule has 2 heterocycles. The van der Waals surface area contributed by atoms with Crippen LogP contribution in [0.1, 0.15) is 5.56 Å². The Hall–Kier alpha value is -3.61. The van der Waals surface area contributed by atoms with Crippen LogP contribution < -0.4 is 20.3 Å². The summed E-state index contributed by atoms with van der Waals surface area (Å²) in [7, 11) is 0. The van der Waals surface area contributed by atoms with Gasteiger partial charge in [0.15, 0.2) is 11.5 Å². The van der Waals surface area contributed by atoms with E-state index in [0.717, 1.165) is 5.56 Å². The third-order valence-electron chi connectivity index (χ3n) is 4.17. The van der Waals surface area contributed by atoms with Gasteiger partial charge in [-0.1, -0.05) is 30.3 Å². The average molecular weight is 363 g/mol. The lowest BCUT2D eigenvalue weighted by Crippen LogP contribution is -2.31. The zero-order valence-electron chi connectivity index (χ0n) is 14.6. The van der Waals surface area contributed by atoms with E-state index in [1.807, 2.05) is 30.3 Å². The van der Waals surface area contributed by atoms with E-state index in [1.165, 1.54) is 4.68 Å². The van der Waals surface area contributed by atoms with Crippen LogP contribution in [0.5, 0.6) is 11.5 Å². The maximum atomic E-state index is 12.4. The van der Waals surface area contributed by atoms with Gasteiger partial charge in [0.2, 0.25) is 12.7 Å². The van der Waals surface area contributed by atoms with Crippen molar-refractivity contribution < 1.29 is 14.3 Å². The molecule has 0 spiro atoms. The molecule has 0 aliphatic carbocycles. The highest BCUT2D eigenvalue weighted by Crippen LogP contribution is 2.34. The summed E-state index contributed by atoms with van der Waals surface area (Å²) in [5.41, 5.74) is 2.32. The molecule has 0 radical (unpaired) electrons. The number of nitrogens with one attached hydrogen (secondary N) is 1. The Morgan fingerprint density at radius 3 is 2.70 bits per heavy atom. The van der Waals surface area contributed by atoms with Gasteiger partial charge in [-0.2, -0.15) is 5.10 Å². The summed E-state index contributed by atoms with van der Waals surface area (Å²) in [4.78, 5) is 24.8. The van der Waals surface area contributed by atoms with E-state index in [1.54, 1.807) is 31.2 Å². The maximum absolute atomic E-state index is 12.4. The van der Waals surface area contributed by atoms with Gasteiger partial charge in [0.05, 0.1) is 5.69 Å². The van der Waals surface area contributed by atoms with Crippen molar-refractivity contribution in [2.24, 2.45) is 0 Å². The number of ether oxygens (including phenoxy) is 2. The Morgan fingerprint density at radius 1 is 1.11 bits per heavy atom. The van der Waals surface area contributed by atoms with E-state index in [0.29, 0.717) is 28.4 Å². The molecule has 0 fully saturated rings. The summed E-state index contributed by atoms with van der Waals surface area (Å²) in [6, 6.07) is 16.4. The third-order valence-corrected chi connectivity index (χ3v) is 4.17. The number of aryl methyl sites for hydroxylation is 1. The quantitative estimate of drug-likeness (QED) is 0.770. The highest BCUT2D eigenvalue weighted by Gasteiger charge is 2.15. The fourth-order valence-electron chi connectivity index (χ4n) is 2.84. The fourth-order valence-corrected chi connectivity index (χ4v) is 2.84. The Labute approximate surface area is 155 Å². The summed E-state index contributed by atoms with van der Waals surface area (Å²) in [5.74, 6) is 0.857. The number of hydrogen-bond acceptors (Lipinski definition) is 5. The summed E-state index contributed by atoms with van der Waals surface area (Å²) >= 11 is 0. The number of aromatic nitrogens is 2. The van der Waals surface area contributed by atoms with Crippen LogP contribution >= 0.6 is 0 Å².